The van der Waals surface area contributed by atoms with Gasteiger partial charge in [0.2, 0.25) is 0 Å². The van der Waals surface area contributed by atoms with Crippen LogP contribution in [0.5, 0.6) is 0 Å². The lowest BCUT2D eigenvalue weighted by molar-refractivity contribution is 0.0951. The smallest absolute Gasteiger partial charge is 0.251 e. The predicted octanol–water partition coefficient (Wildman–Crippen LogP) is 2.99. The number of carbonyl (C=O) groups is 1. The first-order chi connectivity index (χ1) is 9.58. The summed E-state index contributed by atoms with van der Waals surface area (Å²) < 4.78 is 0. The van der Waals surface area contributed by atoms with E-state index >= 15 is 0 Å². The number of carbonyl (C=O) groups excluding carboxylic acids is 1. The molecule has 2 rings (SSSR count). The van der Waals surface area contributed by atoms with Gasteiger partial charge in [-0.15, -0.1) is 0 Å². The van der Waals surface area contributed by atoms with Gasteiger partial charge in [0.25, 0.3) is 5.91 Å². The number of hydrogen-bond acceptors (Lipinski definition) is 2. The molecule has 3 nitrogen and oxygen atoms in total. The summed E-state index contributed by atoms with van der Waals surface area (Å²) in [4.78, 5) is 14.2. The molecule has 20 heavy (non-hydrogen) atoms. The molecule has 0 radical (unpaired) electrons. The van der Waals surface area contributed by atoms with Gasteiger partial charge < -0.3 is 10.2 Å². The minimum atomic E-state index is -0.0396. The standard InChI is InChI=1S/C17H20N2O/c1-13-7-6-9-14(11-13)17(20)18-12-15-8-4-5-10-16(15)19(2)3/h4-11H,12H2,1-3H3,(H,18,20). The minimum Gasteiger partial charge on any atom is -0.377 e. The van der Waals surface area contributed by atoms with E-state index in [-0.39, 0.29) is 5.91 Å². The van der Waals surface area contributed by atoms with Crippen molar-refractivity contribution in [2.45, 2.75) is 13.5 Å². The zero-order valence-electron chi connectivity index (χ0n) is 12.2. The van der Waals surface area contributed by atoms with E-state index in [9.17, 15) is 4.79 Å². The monoisotopic (exact) mass is 268 g/mol. The van der Waals surface area contributed by atoms with E-state index in [4.69, 9.17) is 0 Å². The molecule has 1 amide bonds. The summed E-state index contributed by atoms with van der Waals surface area (Å²) in [5.41, 5.74) is 4.02. The van der Waals surface area contributed by atoms with Gasteiger partial charge in [0.05, 0.1) is 0 Å². The fourth-order valence-electron chi connectivity index (χ4n) is 2.16. The van der Waals surface area contributed by atoms with Gasteiger partial charge in [0, 0.05) is 31.9 Å². The van der Waals surface area contributed by atoms with E-state index in [1.54, 1.807) is 0 Å². The first-order valence-corrected chi connectivity index (χ1v) is 6.68. The van der Waals surface area contributed by atoms with Crippen LogP contribution in [0.15, 0.2) is 48.5 Å². The molecule has 0 spiro atoms. The number of rotatable bonds is 4. The molecule has 0 unspecified atom stereocenters. The lowest BCUT2D eigenvalue weighted by atomic mass is 10.1. The number of nitrogens with one attached hydrogen (secondary N) is 1. The van der Waals surface area contributed by atoms with E-state index in [0.29, 0.717) is 12.1 Å². The first-order valence-electron chi connectivity index (χ1n) is 6.68. The van der Waals surface area contributed by atoms with Crippen molar-refractivity contribution in [2.24, 2.45) is 0 Å². The fraction of sp³-hybridized carbons (Fsp3) is 0.235. The first kappa shape index (κ1) is 14.1. The Labute approximate surface area is 120 Å². The molecule has 2 aromatic rings. The third kappa shape index (κ3) is 3.38. The highest BCUT2D eigenvalue weighted by Gasteiger charge is 2.07. The second-order valence-corrected chi connectivity index (χ2v) is 5.08. The van der Waals surface area contributed by atoms with Gasteiger partial charge in [-0.3, -0.25) is 4.79 Å². The fourth-order valence-corrected chi connectivity index (χ4v) is 2.16. The zero-order valence-corrected chi connectivity index (χ0v) is 12.2. The van der Waals surface area contributed by atoms with Crippen molar-refractivity contribution in [1.82, 2.24) is 5.32 Å². The molecular formula is C17H20N2O. The lowest BCUT2D eigenvalue weighted by Crippen LogP contribution is -2.24. The van der Waals surface area contributed by atoms with Gasteiger partial charge in [-0.05, 0) is 30.7 Å². The molecule has 0 atom stereocenters. The molecular weight excluding hydrogens is 248 g/mol. The number of para-hydroxylation sites is 1. The van der Waals surface area contributed by atoms with E-state index in [2.05, 4.69) is 5.32 Å². The lowest BCUT2D eigenvalue weighted by Gasteiger charge is -2.17. The predicted molar refractivity (Wildman–Crippen MR) is 83.1 cm³/mol. The van der Waals surface area contributed by atoms with Crippen molar-refractivity contribution < 1.29 is 4.79 Å². The van der Waals surface area contributed by atoms with Crippen molar-refractivity contribution in [3.05, 3.63) is 65.2 Å². The molecule has 0 saturated carbocycles. The van der Waals surface area contributed by atoms with Crippen molar-refractivity contribution in [3.63, 3.8) is 0 Å². The van der Waals surface area contributed by atoms with Crippen LogP contribution in [-0.2, 0) is 6.54 Å². The SMILES string of the molecule is Cc1cccc(C(=O)NCc2ccccc2N(C)C)c1. The molecule has 0 heterocycles. The minimum absolute atomic E-state index is 0.0396. The zero-order chi connectivity index (χ0) is 14.5. The highest BCUT2D eigenvalue weighted by atomic mass is 16.1. The van der Waals surface area contributed by atoms with Crippen LogP contribution in [0.1, 0.15) is 21.5 Å². The molecule has 0 saturated heterocycles. The van der Waals surface area contributed by atoms with Crippen LogP contribution in [0.3, 0.4) is 0 Å². The van der Waals surface area contributed by atoms with Gasteiger partial charge in [-0.2, -0.15) is 0 Å². The van der Waals surface area contributed by atoms with Gasteiger partial charge in [-0.1, -0.05) is 35.9 Å². The Morgan fingerprint density at radius 1 is 1.10 bits per heavy atom. The number of amides is 1. The highest BCUT2D eigenvalue weighted by Crippen LogP contribution is 2.17. The summed E-state index contributed by atoms with van der Waals surface area (Å²) in [5, 5.41) is 2.97. The van der Waals surface area contributed by atoms with E-state index in [1.165, 1.54) is 0 Å². The molecule has 3 heteroatoms. The maximum absolute atomic E-state index is 12.1. The Morgan fingerprint density at radius 3 is 2.55 bits per heavy atom. The van der Waals surface area contributed by atoms with E-state index in [0.717, 1.165) is 16.8 Å². The Morgan fingerprint density at radius 2 is 1.85 bits per heavy atom. The summed E-state index contributed by atoms with van der Waals surface area (Å²) >= 11 is 0. The Hall–Kier alpha value is -2.29. The average molecular weight is 268 g/mol. The van der Waals surface area contributed by atoms with Crippen molar-refractivity contribution in [2.75, 3.05) is 19.0 Å². The van der Waals surface area contributed by atoms with Gasteiger partial charge >= 0.3 is 0 Å². The van der Waals surface area contributed by atoms with E-state index < -0.39 is 0 Å². The number of anilines is 1. The second-order valence-electron chi connectivity index (χ2n) is 5.08. The normalized spacial score (nSPS) is 10.2. The van der Waals surface area contributed by atoms with Crippen molar-refractivity contribution in [1.29, 1.82) is 0 Å². The summed E-state index contributed by atoms with van der Waals surface area (Å²) in [7, 11) is 4.00. The van der Waals surface area contributed by atoms with Gasteiger partial charge in [0.15, 0.2) is 0 Å². The van der Waals surface area contributed by atoms with Crippen molar-refractivity contribution in [3.8, 4) is 0 Å². The Bertz CT molecular complexity index is 605. The summed E-state index contributed by atoms with van der Waals surface area (Å²) in [6.07, 6.45) is 0. The molecule has 0 aliphatic carbocycles. The second kappa shape index (κ2) is 6.24. The molecule has 0 aromatic heterocycles. The maximum atomic E-state index is 12.1. The van der Waals surface area contributed by atoms with Crippen LogP contribution in [0.4, 0.5) is 5.69 Å². The summed E-state index contributed by atoms with van der Waals surface area (Å²) in [6.45, 7) is 2.51. The average Bonchev–Trinajstić information content (AvgIpc) is 2.45. The van der Waals surface area contributed by atoms with Crippen LogP contribution < -0.4 is 10.2 Å². The molecule has 2 aromatic carbocycles. The van der Waals surface area contributed by atoms with Crippen LogP contribution in [0, 0.1) is 6.92 Å². The maximum Gasteiger partial charge on any atom is 0.251 e. The number of aryl methyl sites for hydroxylation is 1. The number of nitrogens with zero attached hydrogens (tertiary/aromatic N) is 1. The molecule has 0 fully saturated rings. The third-order valence-electron chi connectivity index (χ3n) is 3.19. The number of hydrogen-bond donors (Lipinski definition) is 1. The molecule has 0 bridgehead atoms. The summed E-state index contributed by atoms with van der Waals surface area (Å²) in [5.74, 6) is -0.0396. The Kier molecular flexibility index (Phi) is 4.41. The topological polar surface area (TPSA) is 32.3 Å². The van der Waals surface area contributed by atoms with Gasteiger partial charge in [0.1, 0.15) is 0 Å². The third-order valence-corrected chi connectivity index (χ3v) is 3.19. The van der Waals surface area contributed by atoms with Crippen LogP contribution >= 0.6 is 0 Å². The van der Waals surface area contributed by atoms with Crippen molar-refractivity contribution >= 4 is 11.6 Å². The summed E-state index contributed by atoms with van der Waals surface area (Å²) in [6, 6.07) is 15.7. The van der Waals surface area contributed by atoms with Crippen LogP contribution in [0.25, 0.3) is 0 Å². The highest BCUT2D eigenvalue weighted by molar-refractivity contribution is 5.94. The van der Waals surface area contributed by atoms with Crippen LogP contribution in [-0.4, -0.2) is 20.0 Å². The van der Waals surface area contributed by atoms with Crippen LogP contribution in [0.2, 0.25) is 0 Å². The Balaban J connectivity index is 2.07. The number of benzene rings is 2. The molecule has 0 aliphatic heterocycles. The largest absolute Gasteiger partial charge is 0.377 e. The molecule has 104 valence electrons. The quantitative estimate of drug-likeness (QED) is 0.924. The van der Waals surface area contributed by atoms with Gasteiger partial charge in [-0.25, -0.2) is 0 Å². The molecule has 1 N–H and O–H groups in total. The van der Waals surface area contributed by atoms with E-state index in [1.807, 2.05) is 74.4 Å². The molecule has 0 aliphatic rings.